The Hall–Kier alpha value is -1.11. The van der Waals surface area contributed by atoms with Gasteiger partial charge in [0.2, 0.25) is 0 Å². The van der Waals surface area contributed by atoms with Gasteiger partial charge in [-0.15, -0.1) is 10.5 Å². The minimum Gasteiger partial charge on any atom is -0.248 e. The fraction of sp³-hybridized carbons (Fsp3) is 0.182. The number of aromatic nitrogens is 1. The van der Waals surface area contributed by atoms with Crippen LogP contribution >= 0.6 is 22.1 Å². The summed E-state index contributed by atoms with van der Waals surface area (Å²) in [5.41, 5.74) is 1.27. The first-order valence-corrected chi connectivity index (χ1v) is 6.37. The third-order valence-electron chi connectivity index (χ3n) is 1.78. The summed E-state index contributed by atoms with van der Waals surface area (Å²) in [5.74, 6) is 3.91. The highest BCUT2D eigenvalue weighted by Crippen LogP contribution is 2.39. The number of pyridine rings is 1. The summed E-state index contributed by atoms with van der Waals surface area (Å²) in [6.07, 6.45) is 3.38. The Kier molecular flexibility index (Phi) is 4.07. The van der Waals surface area contributed by atoms with E-state index in [1.165, 1.54) is 6.20 Å². The Morgan fingerprint density at radius 3 is 2.80 bits per heavy atom. The minimum absolute atomic E-state index is 0.204. The highest BCUT2D eigenvalue weighted by molar-refractivity contribution is 8.17. The Bertz CT molecular complexity index is 472. The molecule has 78 valence electrons. The van der Waals surface area contributed by atoms with Crippen molar-refractivity contribution in [3.63, 3.8) is 0 Å². The summed E-state index contributed by atoms with van der Waals surface area (Å²) in [6.45, 7) is 4.00. The Labute approximate surface area is 97.1 Å². The fourth-order valence-corrected chi connectivity index (χ4v) is 2.50. The minimum atomic E-state index is -0.204. The molecule has 2 nitrogen and oxygen atoms in total. The SMILES string of the molecule is C=S1C=Cc2c1ncc(C#N)c2Cl.CC. The Balaban J connectivity index is 0.000000531. The van der Waals surface area contributed by atoms with E-state index in [4.69, 9.17) is 16.9 Å². The zero-order chi connectivity index (χ0) is 11.4. The molecule has 0 radical (unpaired) electrons. The van der Waals surface area contributed by atoms with E-state index >= 15 is 0 Å². The first-order chi connectivity index (χ1) is 7.24. The molecule has 0 N–H and O–H groups in total. The molecule has 0 aliphatic carbocycles. The van der Waals surface area contributed by atoms with Gasteiger partial charge in [0.1, 0.15) is 11.1 Å². The van der Waals surface area contributed by atoms with Crippen molar-refractivity contribution in [2.75, 3.05) is 0 Å². The maximum Gasteiger partial charge on any atom is 0.103 e. The van der Waals surface area contributed by atoms with Gasteiger partial charge in [0.25, 0.3) is 0 Å². The van der Waals surface area contributed by atoms with E-state index in [0.717, 1.165) is 10.6 Å². The normalized spacial score (nSPS) is 16.3. The van der Waals surface area contributed by atoms with E-state index in [1.54, 1.807) is 0 Å². The van der Waals surface area contributed by atoms with E-state index in [1.807, 2.05) is 31.4 Å². The molecular weight excluding hydrogens is 228 g/mol. The van der Waals surface area contributed by atoms with Crippen molar-refractivity contribution in [2.45, 2.75) is 18.9 Å². The number of halogens is 1. The average Bonchev–Trinajstić information content (AvgIpc) is 2.65. The van der Waals surface area contributed by atoms with Crippen molar-refractivity contribution in [2.24, 2.45) is 0 Å². The van der Waals surface area contributed by atoms with Gasteiger partial charge in [0.05, 0.1) is 10.6 Å². The molecule has 1 aromatic heterocycles. The molecule has 1 unspecified atom stereocenters. The predicted octanol–water partition coefficient (Wildman–Crippen LogP) is 3.68. The molecule has 0 saturated carbocycles. The molecule has 1 aromatic rings. The zero-order valence-electron chi connectivity index (χ0n) is 8.62. The molecule has 15 heavy (non-hydrogen) atoms. The largest absolute Gasteiger partial charge is 0.248 e. The average molecular weight is 239 g/mol. The molecule has 0 bridgehead atoms. The topological polar surface area (TPSA) is 36.7 Å². The van der Waals surface area contributed by atoms with Gasteiger partial charge in [0.15, 0.2) is 0 Å². The Morgan fingerprint density at radius 2 is 2.20 bits per heavy atom. The van der Waals surface area contributed by atoms with E-state index in [0.29, 0.717) is 10.6 Å². The second-order valence-corrected chi connectivity index (χ2v) is 4.44. The number of nitriles is 1. The highest BCUT2D eigenvalue weighted by Gasteiger charge is 2.15. The second-order valence-electron chi connectivity index (χ2n) is 2.55. The Morgan fingerprint density at radius 1 is 1.53 bits per heavy atom. The summed E-state index contributed by atoms with van der Waals surface area (Å²) in [5, 5.41) is 12.0. The molecule has 1 aliphatic heterocycles. The lowest BCUT2D eigenvalue weighted by atomic mass is 10.2. The van der Waals surface area contributed by atoms with Crippen molar-refractivity contribution in [3.8, 4) is 6.07 Å². The molecule has 1 aliphatic rings. The first-order valence-electron chi connectivity index (χ1n) is 4.53. The van der Waals surface area contributed by atoms with E-state index in [9.17, 15) is 0 Å². The van der Waals surface area contributed by atoms with Gasteiger partial charge in [-0.3, -0.25) is 0 Å². The van der Waals surface area contributed by atoms with E-state index in [2.05, 4.69) is 10.9 Å². The number of fused-ring (bicyclic) bond motifs is 1. The van der Waals surface area contributed by atoms with Gasteiger partial charge in [-0.05, 0) is 11.5 Å². The molecule has 0 saturated heterocycles. The van der Waals surface area contributed by atoms with Crippen LogP contribution in [0, 0.1) is 11.3 Å². The standard InChI is InChI=1S/C9H5ClN2S.C2H6/c1-13-3-2-7-8(10)6(4-11)5-12-9(7)13;1-2/h2-3,5H,1H2;1-2H3. The van der Waals surface area contributed by atoms with E-state index in [-0.39, 0.29) is 10.5 Å². The van der Waals surface area contributed by atoms with Crippen molar-refractivity contribution >= 4 is 34.0 Å². The van der Waals surface area contributed by atoms with Crippen LogP contribution in [0.2, 0.25) is 5.02 Å². The summed E-state index contributed by atoms with van der Waals surface area (Å²) >= 11 is 5.98. The van der Waals surface area contributed by atoms with Crippen LogP contribution in [0.4, 0.5) is 0 Å². The van der Waals surface area contributed by atoms with Crippen LogP contribution in [-0.2, 0) is 0 Å². The van der Waals surface area contributed by atoms with Crippen molar-refractivity contribution in [1.82, 2.24) is 4.98 Å². The summed E-state index contributed by atoms with van der Waals surface area (Å²) in [6, 6.07) is 1.99. The lowest BCUT2D eigenvalue weighted by Crippen LogP contribution is -1.87. The fourth-order valence-electron chi connectivity index (χ4n) is 1.13. The van der Waals surface area contributed by atoms with Gasteiger partial charge in [-0.1, -0.05) is 31.3 Å². The van der Waals surface area contributed by atoms with Gasteiger partial charge >= 0.3 is 0 Å². The molecule has 0 spiro atoms. The van der Waals surface area contributed by atoms with Crippen molar-refractivity contribution < 1.29 is 0 Å². The van der Waals surface area contributed by atoms with Crippen LogP contribution in [0.15, 0.2) is 16.6 Å². The summed E-state index contributed by atoms with van der Waals surface area (Å²) < 4.78 is 0. The molecule has 0 amide bonds. The zero-order valence-corrected chi connectivity index (χ0v) is 10.2. The quantitative estimate of drug-likeness (QED) is 0.647. The molecule has 4 heteroatoms. The van der Waals surface area contributed by atoms with Crippen LogP contribution in [0.5, 0.6) is 0 Å². The van der Waals surface area contributed by atoms with Gasteiger partial charge in [-0.2, -0.15) is 5.26 Å². The van der Waals surface area contributed by atoms with Crippen LogP contribution in [0.3, 0.4) is 0 Å². The number of hydrogen-bond donors (Lipinski definition) is 0. The van der Waals surface area contributed by atoms with Crippen molar-refractivity contribution in [3.05, 3.63) is 27.8 Å². The van der Waals surface area contributed by atoms with Crippen LogP contribution in [-0.4, -0.2) is 10.9 Å². The van der Waals surface area contributed by atoms with Gasteiger partial charge in [0, 0.05) is 11.8 Å². The first kappa shape index (κ1) is 12.0. The molecule has 1 atom stereocenters. The van der Waals surface area contributed by atoms with Crippen LogP contribution in [0.1, 0.15) is 25.0 Å². The highest BCUT2D eigenvalue weighted by atomic mass is 35.5. The maximum absolute atomic E-state index is 8.70. The third-order valence-corrected chi connectivity index (χ3v) is 3.48. The number of hydrogen-bond acceptors (Lipinski definition) is 2. The van der Waals surface area contributed by atoms with Crippen molar-refractivity contribution in [1.29, 1.82) is 5.26 Å². The van der Waals surface area contributed by atoms with Crippen LogP contribution < -0.4 is 0 Å². The number of rotatable bonds is 0. The van der Waals surface area contributed by atoms with Gasteiger partial charge < -0.3 is 0 Å². The van der Waals surface area contributed by atoms with Crippen LogP contribution in [0.25, 0.3) is 6.08 Å². The summed E-state index contributed by atoms with van der Waals surface area (Å²) in [7, 11) is -0.204. The number of nitrogens with zero attached hydrogens (tertiary/aromatic N) is 2. The molecular formula is C11H11ClN2S. The summed E-state index contributed by atoms with van der Waals surface area (Å²) in [4.78, 5) is 4.15. The van der Waals surface area contributed by atoms with Gasteiger partial charge in [-0.25, -0.2) is 4.98 Å². The lowest BCUT2D eigenvalue weighted by molar-refractivity contribution is 1.12. The monoisotopic (exact) mass is 238 g/mol. The van der Waals surface area contributed by atoms with E-state index < -0.39 is 0 Å². The molecule has 0 fully saturated rings. The third kappa shape index (κ3) is 2.11. The lowest BCUT2D eigenvalue weighted by Gasteiger charge is -2.02. The smallest absolute Gasteiger partial charge is 0.103 e. The maximum atomic E-state index is 8.70. The predicted molar refractivity (Wildman–Crippen MR) is 67.3 cm³/mol. The molecule has 0 aromatic carbocycles. The molecule has 2 rings (SSSR count). The molecule has 2 heterocycles. The second kappa shape index (κ2) is 5.11.